The minimum Gasteiger partial charge on any atom is -0.343 e. The number of amides is 2. The summed E-state index contributed by atoms with van der Waals surface area (Å²) < 4.78 is 62.1. The lowest BCUT2D eigenvalue weighted by Gasteiger charge is -2.34. The predicted molar refractivity (Wildman–Crippen MR) is 94.0 cm³/mol. The lowest BCUT2D eigenvalue weighted by Crippen LogP contribution is -2.44. The number of aromatic nitrogens is 1. The van der Waals surface area contributed by atoms with Gasteiger partial charge < -0.3 is 9.80 Å². The van der Waals surface area contributed by atoms with Crippen LogP contribution in [0.1, 0.15) is 37.0 Å². The number of piperidine rings is 1. The third kappa shape index (κ3) is 4.29. The summed E-state index contributed by atoms with van der Waals surface area (Å²) in [6, 6.07) is 2.22. The molecule has 11 heteroatoms. The van der Waals surface area contributed by atoms with E-state index in [2.05, 4.69) is 4.98 Å². The van der Waals surface area contributed by atoms with Crippen molar-refractivity contribution in [1.82, 2.24) is 14.8 Å². The van der Waals surface area contributed by atoms with Crippen LogP contribution in [0.3, 0.4) is 0 Å². The van der Waals surface area contributed by atoms with Crippen LogP contribution in [0.2, 0.25) is 0 Å². The summed E-state index contributed by atoms with van der Waals surface area (Å²) in [4.78, 5) is 31.3. The van der Waals surface area contributed by atoms with Crippen LogP contribution in [0.25, 0.3) is 0 Å². The Morgan fingerprint density at radius 3 is 2.29 bits per heavy atom. The van der Waals surface area contributed by atoms with Crippen molar-refractivity contribution in [2.75, 3.05) is 26.2 Å². The van der Waals surface area contributed by atoms with E-state index in [9.17, 15) is 31.2 Å². The number of sulfone groups is 1. The number of hydrogen-bond donors (Lipinski definition) is 0. The van der Waals surface area contributed by atoms with Gasteiger partial charge in [0.1, 0.15) is 0 Å². The SMILES string of the molecule is CCN(CC)C(=O)C1CCN(C(=O)c2cccnc2S(=O)(=O)C(F)(F)F)CC1. The van der Waals surface area contributed by atoms with Gasteiger partial charge in [-0.2, -0.15) is 13.2 Å². The predicted octanol–water partition coefficient (Wildman–Crippen LogP) is 2.10. The fourth-order valence-electron chi connectivity index (χ4n) is 3.17. The van der Waals surface area contributed by atoms with Crippen molar-refractivity contribution in [3.8, 4) is 0 Å². The highest BCUT2D eigenvalue weighted by Crippen LogP contribution is 2.31. The summed E-state index contributed by atoms with van der Waals surface area (Å²) in [6.45, 7) is 5.18. The van der Waals surface area contributed by atoms with Crippen molar-refractivity contribution in [2.45, 2.75) is 37.2 Å². The molecule has 0 aromatic carbocycles. The monoisotopic (exact) mass is 421 g/mol. The van der Waals surface area contributed by atoms with Gasteiger partial charge in [-0.05, 0) is 38.8 Å². The lowest BCUT2D eigenvalue weighted by atomic mass is 9.95. The minimum absolute atomic E-state index is 0.0150. The van der Waals surface area contributed by atoms with E-state index in [1.807, 2.05) is 13.8 Å². The molecule has 1 aliphatic rings. The molecule has 28 heavy (non-hydrogen) atoms. The average molecular weight is 421 g/mol. The van der Waals surface area contributed by atoms with Crippen LogP contribution in [-0.2, 0) is 14.6 Å². The Balaban J connectivity index is 2.19. The Kier molecular flexibility index (Phi) is 6.68. The summed E-state index contributed by atoms with van der Waals surface area (Å²) in [6.07, 6.45) is 1.62. The van der Waals surface area contributed by atoms with Crippen molar-refractivity contribution < 1.29 is 31.2 Å². The summed E-state index contributed by atoms with van der Waals surface area (Å²) in [5.41, 5.74) is -6.17. The molecule has 0 atom stereocenters. The highest BCUT2D eigenvalue weighted by Gasteiger charge is 2.50. The third-order valence-electron chi connectivity index (χ3n) is 4.77. The maximum atomic E-state index is 12.9. The van der Waals surface area contributed by atoms with Gasteiger partial charge in [0.25, 0.3) is 15.7 Å². The first-order valence-corrected chi connectivity index (χ1v) is 10.4. The smallest absolute Gasteiger partial charge is 0.343 e. The zero-order valence-corrected chi connectivity index (χ0v) is 16.4. The summed E-state index contributed by atoms with van der Waals surface area (Å²) in [7, 11) is -5.75. The summed E-state index contributed by atoms with van der Waals surface area (Å²) in [5, 5.41) is -1.30. The third-order valence-corrected chi connectivity index (χ3v) is 6.21. The number of likely N-dealkylation sites (tertiary alicyclic amines) is 1. The summed E-state index contributed by atoms with van der Waals surface area (Å²) >= 11 is 0. The topological polar surface area (TPSA) is 87.7 Å². The Hall–Kier alpha value is -2.17. The molecule has 1 fully saturated rings. The molecule has 156 valence electrons. The van der Waals surface area contributed by atoms with E-state index in [-0.39, 0.29) is 24.9 Å². The second-order valence-electron chi connectivity index (χ2n) is 6.38. The van der Waals surface area contributed by atoms with E-state index < -0.39 is 31.8 Å². The van der Waals surface area contributed by atoms with Gasteiger partial charge in [0.15, 0.2) is 5.03 Å². The van der Waals surface area contributed by atoms with Crippen molar-refractivity contribution in [3.05, 3.63) is 23.9 Å². The minimum atomic E-state index is -5.75. The van der Waals surface area contributed by atoms with Crippen LogP contribution in [0.15, 0.2) is 23.4 Å². The number of nitrogens with zero attached hydrogens (tertiary/aromatic N) is 3. The van der Waals surface area contributed by atoms with Crippen LogP contribution >= 0.6 is 0 Å². The van der Waals surface area contributed by atoms with Gasteiger partial charge in [-0.25, -0.2) is 13.4 Å². The number of rotatable bonds is 5. The number of carbonyl (C=O) groups excluding carboxylic acids is 2. The number of alkyl halides is 3. The molecule has 1 aromatic rings. The van der Waals surface area contributed by atoms with E-state index in [4.69, 9.17) is 0 Å². The largest absolute Gasteiger partial charge is 0.503 e. The molecule has 7 nitrogen and oxygen atoms in total. The normalized spacial score (nSPS) is 16.1. The molecule has 2 rings (SSSR count). The van der Waals surface area contributed by atoms with Crippen LogP contribution in [0.5, 0.6) is 0 Å². The number of hydrogen-bond acceptors (Lipinski definition) is 5. The lowest BCUT2D eigenvalue weighted by molar-refractivity contribution is -0.136. The molecular formula is C17H22F3N3O4S. The maximum absolute atomic E-state index is 12.9. The zero-order valence-electron chi connectivity index (χ0n) is 15.6. The van der Waals surface area contributed by atoms with Crippen LogP contribution < -0.4 is 0 Å². The van der Waals surface area contributed by atoms with E-state index >= 15 is 0 Å². The molecule has 1 aliphatic heterocycles. The fourth-order valence-corrected chi connectivity index (χ4v) is 4.03. The number of carbonyl (C=O) groups is 2. The van der Waals surface area contributed by atoms with E-state index in [0.29, 0.717) is 25.9 Å². The second-order valence-corrected chi connectivity index (χ2v) is 8.24. The van der Waals surface area contributed by atoms with Gasteiger partial charge in [0.05, 0.1) is 5.56 Å². The average Bonchev–Trinajstić information content (AvgIpc) is 2.67. The Bertz CT molecular complexity index is 830. The van der Waals surface area contributed by atoms with Gasteiger partial charge in [-0.3, -0.25) is 9.59 Å². The van der Waals surface area contributed by atoms with Gasteiger partial charge >= 0.3 is 5.51 Å². The molecule has 1 saturated heterocycles. The molecular weight excluding hydrogens is 399 g/mol. The van der Waals surface area contributed by atoms with E-state index in [1.54, 1.807) is 4.90 Å². The first kappa shape index (κ1) is 22.1. The molecule has 2 heterocycles. The number of pyridine rings is 1. The number of halogens is 3. The van der Waals surface area contributed by atoms with E-state index in [0.717, 1.165) is 12.3 Å². The van der Waals surface area contributed by atoms with Crippen molar-refractivity contribution in [1.29, 1.82) is 0 Å². The first-order chi connectivity index (χ1) is 13.0. The summed E-state index contributed by atoms with van der Waals surface area (Å²) in [5.74, 6) is -1.13. The molecule has 0 N–H and O–H groups in total. The molecule has 0 radical (unpaired) electrons. The molecule has 1 aromatic heterocycles. The van der Waals surface area contributed by atoms with Crippen LogP contribution in [0, 0.1) is 5.92 Å². The Morgan fingerprint density at radius 1 is 1.21 bits per heavy atom. The van der Waals surface area contributed by atoms with Gasteiger partial charge in [0, 0.05) is 38.3 Å². The zero-order chi connectivity index (χ0) is 21.1. The van der Waals surface area contributed by atoms with Crippen LogP contribution in [-0.4, -0.2) is 66.7 Å². The van der Waals surface area contributed by atoms with Crippen molar-refractivity contribution in [3.63, 3.8) is 0 Å². The highest BCUT2D eigenvalue weighted by atomic mass is 32.2. The molecule has 2 amide bonds. The molecule has 0 bridgehead atoms. The van der Waals surface area contributed by atoms with E-state index in [1.165, 1.54) is 11.0 Å². The standard InChI is InChI=1S/C17H22F3N3O4S/c1-3-22(4-2)15(24)12-7-10-23(11-8-12)16(25)13-6-5-9-21-14(13)28(26,27)17(18,19)20/h5-6,9,12H,3-4,7-8,10-11H2,1-2H3. The van der Waals surface area contributed by atoms with Crippen molar-refractivity contribution in [2.24, 2.45) is 5.92 Å². The van der Waals surface area contributed by atoms with Gasteiger partial charge in [-0.15, -0.1) is 0 Å². The Morgan fingerprint density at radius 2 is 1.79 bits per heavy atom. The second kappa shape index (κ2) is 8.46. The van der Waals surface area contributed by atoms with Crippen LogP contribution in [0.4, 0.5) is 13.2 Å². The highest BCUT2D eigenvalue weighted by molar-refractivity contribution is 7.92. The molecule has 0 saturated carbocycles. The van der Waals surface area contributed by atoms with Crippen molar-refractivity contribution >= 4 is 21.7 Å². The molecule has 0 aliphatic carbocycles. The van der Waals surface area contributed by atoms with Gasteiger partial charge in [0.2, 0.25) is 5.91 Å². The molecule has 0 spiro atoms. The quantitative estimate of drug-likeness (QED) is 0.727. The first-order valence-electron chi connectivity index (χ1n) is 8.89. The molecule has 0 unspecified atom stereocenters. The van der Waals surface area contributed by atoms with Gasteiger partial charge in [-0.1, -0.05) is 0 Å². The Labute approximate surface area is 161 Å². The maximum Gasteiger partial charge on any atom is 0.503 e. The fraction of sp³-hybridized carbons (Fsp3) is 0.588.